The van der Waals surface area contributed by atoms with E-state index >= 15 is 0 Å². The number of carbonyl (C=O) groups excluding carboxylic acids is 6. The lowest BCUT2D eigenvalue weighted by Crippen LogP contribution is -2.44. The van der Waals surface area contributed by atoms with Crippen molar-refractivity contribution in [1.82, 2.24) is 12.3 Å². The van der Waals surface area contributed by atoms with Gasteiger partial charge < -0.3 is 42.7 Å². The van der Waals surface area contributed by atoms with E-state index in [1.165, 1.54) is 13.8 Å². The molecule has 0 saturated heterocycles. The number of hydrogen-bond acceptors (Lipinski definition) is 14. The van der Waals surface area contributed by atoms with Crippen LogP contribution in [0.15, 0.2) is 0 Å². The van der Waals surface area contributed by atoms with Gasteiger partial charge in [0.25, 0.3) is 12.2 Å². The Bertz CT molecular complexity index is 530. The number of ketones is 2. The molecule has 0 spiro atoms. The summed E-state index contributed by atoms with van der Waals surface area (Å²) in [7, 11) is 0. The molecule has 14 nitrogen and oxygen atoms in total. The van der Waals surface area contributed by atoms with Crippen LogP contribution in [0.3, 0.4) is 0 Å². The highest BCUT2D eigenvalue weighted by atomic mass is 16.6. The van der Waals surface area contributed by atoms with Crippen LogP contribution in [-0.4, -0.2) is 74.0 Å². The highest BCUT2D eigenvalue weighted by molar-refractivity contribution is 6.31. The molecule has 2 atom stereocenters. The number of nitrogens with two attached hydrogens (primary N) is 2. The third kappa shape index (κ3) is 9.13. The average Bonchev–Trinajstić information content (AvgIpc) is 2.62. The Hall–Kier alpha value is -2.94. The highest BCUT2D eigenvalue weighted by Gasteiger charge is 2.37. The smallest absolute Gasteiger partial charge is 0.418 e. The fourth-order valence-electron chi connectivity index (χ4n) is 1.45. The second-order valence-electron chi connectivity index (χ2n) is 4.42. The highest BCUT2D eigenvalue weighted by Crippen LogP contribution is 2.04. The predicted molar refractivity (Wildman–Crippen MR) is 91.2 cm³/mol. The molecule has 0 aliphatic carbocycles. The van der Waals surface area contributed by atoms with Gasteiger partial charge in [-0.1, -0.05) is 0 Å². The van der Waals surface area contributed by atoms with Crippen molar-refractivity contribution in [2.24, 2.45) is 11.5 Å². The first-order chi connectivity index (χ1) is 12.2. The minimum absolute atomic E-state index is 0. The van der Waals surface area contributed by atoms with Gasteiger partial charge in [0, 0.05) is 0 Å². The van der Waals surface area contributed by atoms with Crippen molar-refractivity contribution in [2.75, 3.05) is 26.3 Å². The number of rotatable bonds is 10. The minimum atomic E-state index is -2.09. The van der Waals surface area contributed by atoms with Gasteiger partial charge in [0.05, 0.1) is 26.3 Å². The summed E-state index contributed by atoms with van der Waals surface area (Å²) >= 11 is 0. The van der Waals surface area contributed by atoms with E-state index in [4.69, 9.17) is 11.5 Å². The van der Waals surface area contributed by atoms with Crippen LogP contribution in [0.4, 0.5) is 0 Å². The van der Waals surface area contributed by atoms with E-state index in [9.17, 15) is 28.8 Å². The Kier molecular flexibility index (Phi) is 16.1. The lowest BCUT2D eigenvalue weighted by molar-refractivity contribution is -0.184. The van der Waals surface area contributed by atoms with Crippen molar-refractivity contribution < 1.29 is 47.7 Å². The molecule has 0 aliphatic heterocycles. The molecule has 0 saturated carbocycles. The van der Waals surface area contributed by atoms with E-state index < -0.39 is 60.7 Å². The van der Waals surface area contributed by atoms with Gasteiger partial charge in [-0.2, -0.15) is 0 Å². The number of hydrogen-bond donors (Lipinski definition) is 4. The molecule has 28 heavy (non-hydrogen) atoms. The summed E-state index contributed by atoms with van der Waals surface area (Å²) in [5, 5.41) is 0. The van der Waals surface area contributed by atoms with E-state index in [0.29, 0.717) is 0 Å². The topological polar surface area (TPSA) is 261 Å². The first-order valence-corrected chi connectivity index (χ1v) is 7.43. The van der Waals surface area contributed by atoms with Crippen LogP contribution in [-0.2, 0) is 47.7 Å². The Morgan fingerprint density at radius 2 is 0.964 bits per heavy atom. The molecule has 0 rings (SSSR count). The van der Waals surface area contributed by atoms with Crippen LogP contribution in [0.1, 0.15) is 13.8 Å². The fraction of sp³-hybridized carbons (Fsp3) is 0.571. The van der Waals surface area contributed by atoms with E-state index in [-0.39, 0.29) is 25.5 Å². The normalized spacial score (nSPS) is 11.4. The largest absolute Gasteiger partial charge is 0.463 e. The summed E-state index contributed by atoms with van der Waals surface area (Å²) in [6.07, 6.45) is -4.18. The van der Waals surface area contributed by atoms with Gasteiger partial charge in [-0.25, -0.2) is 19.2 Å². The molecule has 162 valence electrons. The van der Waals surface area contributed by atoms with Gasteiger partial charge in [0.2, 0.25) is 0 Å². The second-order valence-corrected chi connectivity index (χ2v) is 4.42. The van der Waals surface area contributed by atoms with Crippen LogP contribution in [0.2, 0.25) is 0 Å². The molecule has 0 aliphatic rings. The number of esters is 4. The van der Waals surface area contributed by atoms with Gasteiger partial charge in [-0.15, -0.1) is 0 Å². The van der Waals surface area contributed by atoms with E-state index in [2.05, 4.69) is 18.9 Å². The van der Waals surface area contributed by atoms with Gasteiger partial charge in [0.1, 0.15) is 0 Å². The molecule has 0 fully saturated rings. The fourth-order valence-corrected chi connectivity index (χ4v) is 1.45. The maximum absolute atomic E-state index is 11.7. The third-order valence-corrected chi connectivity index (χ3v) is 2.61. The number of carbonyl (C=O) groups is 6. The molecule has 0 aromatic heterocycles. The van der Waals surface area contributed by atoms with Gasteiger partial charge in [-0.3, -0.25) is 9.59 Å². The SMILES string of the molecule is CCOC(=O)C(OC(=O)C(=O)OC(C(=O)CN)C(=O)OCC)C(=O)CN.N.N. The summed E-state index contributed by atoms with van der Waals surface area (Å²) in [5.41, 5.74) is 10.2. The monoisotopic (exact) mass is 410 g/mol. The Labute approximate surface area is 160 Å². The van der Waals surface area contributed by atoms with E-state index in [1.807, 2.05) is 0 Å². The van der Waals surface area contributed by atoms with Crippen molar-refractivity contribution in [1.29, 1.82) is 0 Å². The Morgan fingerprint density at radius 1 is 0.679 bits per heavy atom. The zero-order valence-corrected chi connectivity index (χ0v) is 15.6. The summed E-state index contributed by atoms with van der Waals surface area (Å²) in [6, 6.07) is 0. The molecule has 0 amide bonds. The molecular weight excluding hydrogens is 384 g/mol. The number of Topliss-reactive ketones (excluding diaryl/α,β-unsaturated/α-hetero) is 2. The molecule has 0 aromatic carbocycles. The van der Waals surface area contributed by atoms with Crippen LogP contribution >= 0.6 is 0 Å². The second kappa shape index (κ2) is 15.2. The molecule has 0 aromatic rings. The van der Waals surface area contributed by atoms with Crippen LogP contribution in [0, 0.1) is 0 Å². The third-order valence-electron chi connectivity index (χ3n) is 2.61. The van der Waals surface area contributed by atoms with E-state index in [0.717, 1.165) is 0 Å². The standard InChI is InChI=1S/C14H20N2O10.2H3N/c1-3-23-11(19)9(7(17)5-15)25-13(21)14(22)26-10(8(18)6-16)12(20)24-4-2;;/h9-10H,3-6,15-16H2,1-2H3;2*1H3. The van der Waals surface area contributed by atoms with Crippen molar-refractivity contribution in [2.45, 2.75) is 26.1 Å². The van der Waals surface area contributed by atoms with Gasteiger partial charge in [0.15, 0.2) is 11.6 Å². The Balaban J connectivity index is -0.00000312. The molecular formula is C14H26N4O10. The molecule has 0 radical (unpaired) electrons. The molecule has 10 N–H and O–H groups in total. The summed E-state index contributed by atoms with van der Waals surface area (Å²) in [5.74, 6) is -8.20. The van der Waals surface area contributed by atoms with Crippen LogP contribution in [0.5, 0.6) is 0 Å². The van der Waals surface area contributed by atoms with Crippen LogP contribution in [0.25, 0.3) is 0 Å². The summed E-state index contributed by atoms with van der Waals surface area (Å²) < 4.78 is 17.9. The van der Waals surface area contributed by atoms with Crippen molar-refractivity contribution >= 4 is 35.4 Å². The quantitative estimate of drug-likeness (QED) is 0.124. The summed E-state index contributed by atoms with van der Waals surface area (Å²) in [4.78, 5) is 69.7. The minimum Gasteiger partial charge on any atom is -0.463 e. The first-order valence-electron chi connectivity index (χ1n) is 7.43. The maximum Gasteiger partial charge on any atom is 0.418 e. The summed E-state index contributed by atoms with van der Waals surface area (Å²) in [6.45, 7) is 1.24. The first kappa shape index (κ1) is 29.8. The van der Waals surface area contributed by atoms with Gasteiger partial charge >= 0.3 is 23.9 Å². The van der Waals surface area contributed by atoms with Crippen LogP contribution < -0.4 is 23.8 Å². The molecule has 2 unspecified atom stereocenters. The molecule has 0 heterocycles. The van der Waals surface area contributed by atoms with Gasteiger partial charge in [-0.05, 0) is 13.8 Å². The average molecular weight is 410 g/mol. The maximum atomic E-state index is 11.7. The van der Waals surface area contributed by atoms with Crippen molar-refractivity contribution in [3.63, 3.8) is 0 Å². The lowest BCUT2D eigenvalue weighted by atomic mass is 10.2. The zero-order chi connectivity index (χ0) is 20.3. The molecule has 14 heteroatoms. The predicted octanol–water partition coefficient (Wildman–Crippen LogP) is -2.68. The van der Waals surface area contributed by atoms with E-state index in [1.54, 1.807) is 0 Å². The number of ether oxygens (including phenoxy) is 4. The molecule has 0 bridgehead atoms. The zero-order valence-electron chi connectivity index (χ0n) is 15.6. The lowest BCUT2D eigenvalue weighted by Gasteiger charge is -2.16. The Morgan fingerprint density at radius 3 is 1.18 bits per heavy atom. The van der Waals surface area contributed by atoms with Crippen molar-refractivity contribution in [3.05, 3.63) is 0 Å². The van der Waals surface area contributed by atoms with Crippen molar-refractivity contribution in [3.8, 4) is 0 Å².